The highest BCUT2D eigenvalue weighted by Gasteiger charge is 2.05. The summed E-state index contributed by atoms with van der Waals surface area (Å²) in [5, 5.41) is 7.02. The summed E-state index contributed by atoms with van der Waals surface area (Å²) in [4.78, 5) is 4.27. The van der Waals surface area contributed by atoms with E-state index in [4.69, 9.17) is 15.0 Å². The molecule has 2 aromatic heterocycles. The van der Waals surface area contributed by atoms with E-state index in [-0.39, 0.29) is 0 Å². The molecule has 0 saturated heterocycles. The molecular formula is C12H16N4O2. The lowest BCUT2D eigenvalue weighted by atomic mass is 10.3. The van der Waals surface area contributed by atoms with Gasteiger partial charge in [-0.05, 0) is 26.0 Å². The van der Waals surface area contributed by atoms with Crippen molar-refractivity contribution in [3.63, 3.8) is 0 Å². The van der Waals surface area contributed by atoms with E-state index in [0.717, 1.165) is 11.5 Å². The van der Waals surface area contributed by atoms with E-state index >= 15 is 0 Å². The van der Waals surface area contributed by atoms with Gasteiger partial charge >= 0.3 is 0 Å². The molecule has 0 atom stereocenters. The molecule has 0 bridgehead atoms. The number of nitrogens with zero attached hydrogens (tertiary/aromatic N) is 2. The van der Waals surface area contributed by atoms with Crippen molar-refractivity contribution in [2.75, 3.05) is 17.7 Å². The Morgan fingerprint density at radius 2 is 2.28 bits per heavy atom. The Morgan fingerprint density at radius 1 is 1.44 bits per heavy atom. The molecule has 0 fully saturated rings. The molecule has 0 aliphatic heterocycles. The Kier molecular flexibility index (Phi) is 3.66. The first-order chi connectivity index (χ1) is 8.69. The molecule has 0 radical (unpaired) electrons. The van der Waals surface area contributed by atoms with Gasteiger partial charge in [-0.3, -0.25) is 0 Å². The lowest BCUT2D eigenvalue weighted by Gasteiger charge is -2.08. The number of rotatable bonds is 5. The van der Waals surface area contributed by atoms with Crippen molar-refractivity contribution < 1.29 is 9.26 Å². The van der Waals surface area contributed by atoms with Crippen LogP contribution in [-0.4, -0.2) is 16.7 Å². The van der Waals surface area contributed by atoms with Gasteiger partial charge in [0.15, 0.2) is 0 Å². The number of aromatic nitrogens is 2. The van der Waals surface area contributed by atoms with Crippen LogP contribution >= 0.6 is 0 Å². The van der Waals surface area contributed by atoms with Crippen molar-refractivity contribution in [2.24, 2.45) is 0 Å². The Hall–Kier alpha value is -2.24. The van der Waals surface area contributed by atoms with E-state index in [9.17, 15) is 0 Å². The van der Waals surface area contributed by atoms with Gasteiger partial charge in [-0.1, -0.05) is 5.16 Å². The van der Waals surface area contributed by atoms with Crippen LogP contribution in [-0.2, 0) is 6.54 Å². The first-order valence-corrected chi connectivity index (χ1v) is 5.74. The van der Waals surface area contributed by atoms with Gasteiger partial charge in [-0.25, -0.2) is 0 Å². The fraction of sp³-hybridized carbons (Fsp3) is 0.333. The van der Waals surface area contributed by atoms with Gasteiger partial charge in [0.1, 0.15) is 17.3 Å². The minimum atomic E-state index is 0.443. The van der Waals surface area contributed by atoms with Crippen molar-refractivity contribution in [1.29, 1.82) is 0 Å². The molecule has 18 heavy (non-hydrogen) atoms. The number of hydrogen-bond acceptors (Lipinski definition) is 6. The largest absolute Gasteiger partial charge is 0.476 e. The van der Waals surface area contributed by atoms with Crippen LogP contribution < -0.4 is 15.8 Å². The van der Waals surface area contributed by atoms with Gasteiger partial charge in [-0.15, -0.1) is 0 Å². The average molecular weight is 248 g/mol. The van der Waals surface area contributed by atoms with E-state index in [1.54, 1.807) is 12.1 Å². The normalized spacial score (nSPS) is 10.3. The molecule has 0 saturated carbocycles. The first kappa shape index (κ1) is 12.2. The SMILES string of the molecule is CCOc1nc(NCc2cc(C)on2)ccc1N. The summed E-state index contributed by atoms with van der Waals surface area (Å²) in [7, 11) is 0. The minimum Gasteiger partial charge on any atom is -0.476 e. The zero-order valence-corrected chi connectivity index (χ0v) is 10.4. The topological polar surface area (TPSA) is 86.2 Å². The lowest BCUT2D eigenvalue weighted by Crippen LogP contribution is -2.05. The second kappa shape index (κ2) is 5.39. The number of anilines is 2. The maximum atomic E-state index is 5.74. The zero-order valence-electron chi connectivity index (χ0n) is 10.4. The van der Waals surface area contributed by atoms with E-state index < -0.39 is 0 Å². The summed E-state index contributed by atoms with van der Waals surface area (Å²) in [6.07, 6.45) is 0. The lowest BCUT2D eigenvalue weighted by molar-refractivity contribution is 0.329. The summed E-state index contributed by atoms with van der Waals surface area (Å²) >= 11 is 0. The minimum absolute atomic E-state index is 0.443. The van der Waals surface area contributed by atoms with Crippen LogP contribution in [0.15, 0.2) is 22.7 Å². The number of ether oxygens (including phenoxy) is 1. The van der Waals surface area contributed by atoms with Crippen LogP contribution in [0.5, 0.6) is 5.88 Å². The smallest absolute Gasteiger partial charge is 0.239 e. The van der Waals surface area contributed by atoms with Crippen molar-refractivity contribution in [3.8, 4) is 5.88 Å². The van der Waals surface area contributed by atoms with E-state index in [1.807, 2.05) is 19.9 Å². The summed E-state index contributed by atoms with van der Waals surface area (Å²) in [5.74, 6) is 1.92. The van der Waals surface area contributed by atoms with Crippen molar-refractivity contribution in [1.82, 2.24) is 10.1 Å². The maximum absolute atomic E-state index is 5.74. The van der Waals surface area contributed by atoms with E-state index in [2.05, 4.69) is 15.5 Å². The fourth-order valence-electron chi connectivity index (χ4n) is 1.48. The van der Waals surface area contributed by atoms with Gasteiger partial charge in [0, 0.05) is 6.07 Å². The third-order valence-corrected chi connectivity index (χ3v) is 2.30. The third kappa shape index (κ3) is 2.91. The molecule has 0 spiro atoms. The number of hydrogen-bond donors (Lipinski definition) is 2. The highest BCUT2D eigenvalue weighted by molar-refractivity contribution is 5.53. The zero-order chi connectivity index (χ0) is 13.0. The quantitative estimate of drug-likeness (QED) is 0.841. The second-order valence-electron chi connectivity index (χ2n) is 3.81. The molecule has 6 heteroatoms. The molecule has 0 unspecified atom stereocenters. The Labute approximate surface area is 105 Å². The maximum Gasteiger partial charge on any atom is 0.239 e. The van der Waals surface area contributed by atoms with Crippen molar-refractivity contribution in [2.45, 2.75) is 20.4 Å². The average Bonchev–Trinajstić information content (AvgIpc) is 2.76. The molecule has 0 aliphatic carbocycles. The molecule has 6 nitrogen and oxygen atoms in total. The van der Waals surface area contributed by atoms with Crippen molar-refractivity contribution in [3.05, 3.63) is 29.7 Å². The summed E-state index contributed by atoms with van der Waals surface area (Å²) < 4.78 is 10.3. The predicted molar refractivity (Wildman–Crippen MR) is 68.4 cm³/mol. The molecule has 2 rings (SSSR count). The highest BCUT2D eigenvalue weighted by Crippen LogP contribution is 2.21. The van der Waals surface area contributed by atoms with Gasteiger partial charge in [0.05, 0.1) is 18.8 Å². The summed E-state index contributed by atoms with van der Waals surface area (Å²) in [6.45, 7) is 4.81. The monoisotopic (exact) mass is 248 g/mol. The first-order valence-electron chi connectivity index (χ1n) is 5.74. The number of pyridine rings is 1. The van der Waals surface area contributed by atoms with Gasteiger partial charge < -0.3 is 20.3 Å². The summed E-state index contributed by atoms with van der Waals surface area (Å²) in [6, 6.07) is 5.42. The molecule has 2 aromatic rings. The van der Waals surface area contributed by atoms with Crippen LogP contribution in [0.1, 0.15) is 18.4 Å². The molecular weight excluding hydrogens is 232 g/mol. The third-order valence-electron chi connectivity index (χ3n) is 2.30. The Balaban J connectivity index is 2.03. The highest BCUT2D eigenvalue weighted by atomic mass is 16.5. The van der Waals surface area contributed by atoms with Gasteiger partial charge in [-0.2, -0.15) is 4.98 Å². The fourth-order valence-corrected chi connectivity index (χ4v) is 1.48. The molecule has 0 aliphatic rings. The van der Waals surface area contributed by atoms with Crippen LogP contribution in [0.3, 0.4) is 0 Å². The molecule has 0 aromatic carbocycles. The van der Waals surface area contributed by atoms with Gasteiger partial charge in [0.25, 0.3) is 0 Å². The standard InChI is InChI=1S/C12H16N4O2/c1-3-17-12-10(13)4-5-11(15-12)14-7-9-6-8(2)18-16-9/h4-6H,3,7,13H2,1-2H3,(H,14,15). The molecule has 2 heterocycles. The van der Waals surface area contributed by atoms with Crippen LogP contribution in [0.4, 0.5) is 11.5 Å². The predicted octanol–water partition coefficient (Wildman–Crippen LogP) is 1.97. The number of nitrogen functional groups attached to an aromatic ring is 1. The summed E-state index contributed by atoms with van der Waals surface area (Å²) in [5.41, 5.74) is 7.09. The van der Waals surface area contributed by atoms with Crippen LogP contribution in [0, 0.1) is 6.92 Å². The second-order valence-corrected chi connectivity index (χ2v) is 3.81. The van der Waals surface area contributed by atoms with E-state index in [0.29, 0.717) is 30.5 Å². The van der Waals surface area contributed by atoms with Crippen LogP contribution in [0.25, 0.3) is 0 Å². The van der Waals surface area contributed by atoms with Gasteiger partial charge in [0.2, 0.25) is 5.88 Å². The molecule has 96 valence electrons. The molecule has 0 amide bonds. The number of nitrogens with one attached hydrogen (secondary N) is 1. The van der Waals surface area contributed by atoms with Crippen molar-refractivity contribution >= 4 is 11.5 Å². The van der Waals surface area contributed by atoms with Crippen LogP contribution in [0.2, 0.25) is 0 Å². The van der Waals surface area contributed by atoms with E-state index in [1.165, 1.54) is 0 Å². The molecule has 3 N–H and O–H groups in total. The number of aryl methyl sites for hydroxylation is 1. The number of nitrogens with two attached hydrogens (primary N) is 1. The Morgan fingerprint density at radius 3 is 2.94 bits per heavy atom. The Bertz CT molecular complexity index is 525.